The Bertz CT molecular complexity index is 528. The van der Waals surface area contributed by atoms with Crippen LogP contribution in [0.15, 0.2) is 12.3 Å². The standard InChI is InChI=1S/C16H23N3O2/c1-3-17-14-8-10(2)18-9-12(14)16(20)19-13-6-7-21-15(13)11-4-5-11/h8-9,11,13,15H,3-7H2,1-2H3,(H,17,18)(H,19,20). The van der Waals surface area contributed by atoms with Gasteiger partial charge < -0.3 is 15.4 Å². The molecular formula is C16H23N3O2. The number of ether oxygens (including phenoxy) is 1. The number of aryl methyl sites for hydroxylation is 1. The maximum Gasteiger partial charge on any atom is 0.255 e. The summed E-state index contributed by atoms with van der Waals surface area (Å²) in [6.07, 6.45) is 5.22. The molecule has 1 aromatic rings. The first-order chi connectivity index (χ1) is 10.2. The van der Waals surface area contributed by atoms with Gasteiger partial charge >= 0.3 is 0 Å². The summed E-state index contributed by atoms with van der Waals surface area (Å²) >= 11 is 0. The minimum atomic E-state index is -0.0559. The van der Waals surface area contributed by atoms with Gasteiger partial charge in [0.15, 0.2) is 0 Å². The quantitative estimate of drug-likeness (QED) is 0.871. The van der Waals surface area contributed by atoms with Gasteiger partial charge in [-0.3, -0.25) is 9.78 Å². The van der Waals surface area contributed by atoms with Crippen LogP contribution in [0.4, 0.5) is 5.69 Å². The maximum atomic E-state index is 12.5. The zero-order valence-electron chi connectivity index (χ0n) is 12.7. The van der Waals surface area contributed by atoms with Crippen LogP contribution in [0.1, 0.15) is 42.2 Å². The third kappa shape index (κ3) is 3.18. The van der Waals surface area contributed by atoms with Gasteiger partial charge in [0, 0.05) is 25.0 Å². The van der Waals surface area contributed by atoms with Crippen LogP contribution in [0.5, 0.6) is 0 Å². The van der Waals surface area contributed by atoms with Crippen LogP contribution in [0.2, 0.25) is 0 Å². The number of amides is 1. The van der Waals surface area contributed by atoms with E-state index < -0.39 is 0 Å². The van der Waals surface area contributed by atoms with E-state index in [9.17, 15) is 4.79 Å². The highest BCUT2D eigenvalue weighted by Crippen LogP contribution is 2.38. The van der Waals surface area contributed by atoms with Crippen LogP contribution >= 0.6 is 0 Å². The second-order valence-corrected chi connectivity index (χ2v) is 5.94. The highest BCUT2D eigenvalue weighted by atomic mass is 16.5. The first-order valence-electron chi connectivity index (χ1n) is 7.82. The molecule has 2 N–H and O–H groups in total. The van der Waals surface area contributed by atoms with Crippen LogP contribution in [0.3, 0.4) is 0 Å². The molecule has 0 radical (unpaired) electrons. The van der Waals surface area contributed by atoms with E-state index >= 15 is 0 Å². The predicted octanol–water partition coefficient (Wildman–Crippen LogP) is 2.12. The molecule has 5 nitrogen and oxygen atoms in total. The molecule has 2 heterocycles. The largest absolute Gasteiger partial charge is 0.385 e. The third-order valence-electron chi connectivity index (χ3n) is 4.19. The minimum absolute atomic E-state index is 0.0559. The van der Waals surface area contributed by atoms with E-state index in [1.54, 1.807) is 6.20 Å². The highest BCUT2D eigenvalue weighted by Gasteiger charge is 2.41. The molecule has 1 amide bonds. The maximum absolute atomic E-state index is 12.5. The van der Waals surface area contributed by atoms with Gasteiger partial charge in [0.05, 0.1) is 23.4 Å². The van der Waals surface area contributed by atoms with Gasteiger partial charge in [0.2, 0.25) is 0 Å². The summed E-state index contributed by atoms with van der Waals surface area (Å²) in [5, 5.41) is 6.38. The summed E-state index contributed by atoms with van der Waals surface area (Å²) in [5.41, 5.74) is 2.37. The Labute approximate surface area is 125 Å². The summed E-state index contributed by atoms with van der Waals surface area (Å²) in [4.78, 5) is 16.8. The lowest BCUT2D eigenvalue weighted by molar-refractivity contribution is 0.0730. The second kappa shape index (κ2) is 6.02. The Morgan fingerprint density at radius 3 is 2.95 bits per heavy atom. The van der Waals surface area contributed by atoms with Crippen molar-refractivity contribution in [3.63, 3.8) is 0 Å². The number of nitrogens with one attached hydrogen (secondary N) is 2. The molecule has 114 valence electrons. The lowest BCUT2D eigenvalue weighted by atomic mass is 10.1. The normalized spacial score (nSPS) is 24.9. The molecule has 3 rings (SSSR count). The number of carbonyl (C=O) groups excluding carboxylic acids is 1. The highest BCUT2D eigenvalue weighted by molar-refractivity contribution is 5.99. The summed E-state index contributed by atoms with van der Waals surface area (Å²) < 4.78 is 5.78. The molecule has 2 fully saturated rings. The van der Waals surface area contributed by atoms with Crippen molar-refractivity contribution in [3.8, 4) is 0 Å². The molecule has 1 aliphatic carbocycles. The second-order valence-electron chi connectivity index (χ2n) is 5.94. The average Bonchev–Trinajstić information content (AvgIpc) is 3.20. The zero-order valence-corrected chi connectivity index (χ0v) is 12.7. The minimum Gasteiger partial charge on any atom is -0.385 e. The Morgan fingerprint density at radius 2 is 2.24 bits per heavy atom. The van der Waals surface area contributed by atoms with E-state index in [0.29, 0.717) is 11.5 Å². The summed E-state index contributed by atoms with van der Waals surface area (Å²) in [5.74, 6) is 0.585. The fourth-order valence-corrected chi connectivity index (χ4v) is 2.98. The van der Waals surface area contributed by atoms with Gasteiger partial charge in [-0.1, -0.05) is 0 Å². The number of nitrogens with zero attached hydrogens (tertiary/aromatic N) is 1. The smallest absolute Gasteiger partial charge is 0.255 e. The summed E-state index contributed by atoms with van der Waals surface area (Å²) in [6.45, 7) is 5.47. The predicted molar refractivity (Wildman–Crippen MR) is 81.5 cm³/mol. The molecule has 0 bridgehead atoms. The van der Waals surface area contributed by atoms with Crippen molar-refractivity contribution in [1.82, 2.24) is 10.3 Å². The molecule has 0 spiro atoms. The fraction of sp³-hybridized carbons (Fsp3) is 0.625. The molecule has 1 saturated heterocycles. The topological polar surface area (TPSA) is 63.2 Å². The van der Waals surface area contributed by atoms with Gasteiger partial charge in [-0.25, -0.2) is 0 Å². The lowest BCUT2D eigenvalue weighted by Crippen LogP contribution is -2.41. The molecule has 2 unspecified atom stereocenters. The monoisotopic (exact) mass is 289 g/mol. The van der Waals surface area contributed by atoms with Gasteiger partial charge in [0.1, 0.15) is 0 Å². The molecule has 1 aliphatic heterocycles. The molecule has 5 heteroatoms. The van der Waals surface area contributed by atoms with Crippen LogP contribution in [-0.2, 0) is 4.74 Å². The molecular weight excluding hydrogens is 266 g/mol. The van der Waals surface area contributed by atoms with Crippen molar-refractivity contribution < 1.29 is 9.53 Å². The van der Waals surface area contributed by atoms with E-state index in [4.69, 9.17) is 4.74 Å². The van der Waals surface area contributed by atoms with Crippen molar-refractivity contribution in [2.45, 2.75) is 45.3 Å². The number of anilines is 1. The molecule has 2 atom stereocenters. The molecule has 0 aromatic carbocycles. The number of carbonyl (C=O) groups is 1. The van der Waals surface area contributed by atoms with Crippen molar-refractivity contribution in [3.05, 3.63) is 23.5 Å². The number of pyridine rings is 1. The molecule has 1 saturated carbocycles. The van der Waals surface area contributed by atoms with Crippen molar-refractivity contribution in [2.24, 2.45) is 5.92 Å². The average molecular weight is 289 g/mol. The van der Waals surface area contributed by atoms with Gasteiger partial charge in [-0.05, 0) is 45.1 Å². The van der Waals surface area contributed by atoms with Gasteiger partial charge in [-0.15, -0.1) is 0 Å². The van der Waals surface area contributed by atoms with Crippen LogP contribution in [-0.4, -0.2) is 36.2 Å². The Kier molecular flexibility index (Phi) is 4.10. The fourth-order valence-electron chi connectivity index (χ4n) is 2.98. The van der Waals surface area contributed by atoms with Crippen molar-refractivity contribution >= 4 is 11.6 Å². The first kappa shape index (κ1) is 14.3. The Morgan fingerprint density at radius 1 is 1.43 bits per heavy atom. The first-order valence-corrected chi connectivity index (χ1v) is 7.82. The van der Waals surface area contributed by atoms with E-state index in [-0.39, 0.29) is 18.1 Å². The van der Waals surface area contributed by atoms with E-state index in [0.717, 1.165) is 31.0 Å². The number of hydrogen-bond acceptors (Lipinski definition) is 4. The Balaban J connectivity index is 1.72. The summed E-state index contributed by atoms with van der Waals surface area (Å²) in [6, 6.07) is 2.06. The molecule has 1 aromatic heterocycles. The number of aromatic nitrogens is 1. The molecule has 2 aliphatic rings. The number of rotatable bonds is 5. The van der Waals surface area contributed by atoms with Gasteiger partial charge in [-0.2, -0.15) is 0 Å². The van der Waals surface area contributed by atoms with E-state index in [1.807, 2.05) is 19.9 Å². The van der Waals surface area contributed by atoms with Gasteiger partial charge in [0.25, 0.3) is 5.91 Å². The molecule has 21 heavy (non-hydrogen) atoms. The SMILES string of the molecule is CCNc1cc(C)ncc1C(=O)NC1CCOC1C1CC1. The van der Waals surface area contributed by atoms with E-state index in [2.05, 4.69) is 15.6 Å². The Hall–Kier alpha value is -1.62. The van der Waals surface area contributed by atoms with Crippen molar-refractivity contribution in [2.75, 3.05) is 18.5 Å². The van der Waals surface area contributed by atoms with E-state index in [1.165, 1.54) is 12.8 Å². The van der Waals surface area contributed by atoms with Crippen molar-refractivity contribution in [1.29, 1.82) is 0 Å². The van der Waals surface area contributed by atoms with Crippen LogP contribution in [0, 0.1) is 12.8 Å². The third-order valence-corrected chi connectivity index (χ3v) is 4.19. The lowest BCUT2D eigenvalue weighted by Gasteiger charge is -2.20. The zero-order chi connectivity index (χ0) is 14.8. The van der Waals surface area contributed by atoms with Crippen LogP contribution < -0.4 is 10.6 Å². The summed E-state index contributed by atoms with van der Waals surface area (Å²) in [7, 11) is 0. The number of hydrogen-bond donors (Lipinski definition) is 2. The van der Waals surface area contributed by atoms with Crippen LogP contribution in [0.25, 0.3) is 0 Å².